The minimum absolute atomic E-state index is 0.0869. The van der Waals surface area contributed by atoms with Crippen molar-refractivity contribution in [3.8, 4) is 67.3 Å². The number of aryl methyl sites for hydroxylation is 2. The van der Waals surface area contributed by atoms with E-state index < -0.39 is 0 Å². The number of hydrogen-bond acceptors (Lipinski definition) is 2. The molecule has 0 atom stereocenters. The van der Waals surface area contributed by atoms with Gasteiger partial charge in [-0.05, 0) is 87.7 Å². The first-order valence-electron chi connectivity index (χ1n) is 16.3. The predicted molar refractivity (Wildman–Crippen MR) is 196 cm³/mol. The number of hydrogen-bond donors (Lipinski definition) is 0. The van der Waals surface area contributed by atoms with Crippen LogP contribution in [0.15, 0.2) is 146 Å². The monoisotopic (exact) mass is 604 g/mol. The molecule has 226 valence electrons. The molecule has 0 unspecified atom stereocenters. The van der Waals surface area contributed by atoms with Crippen molar-refractivity contribution in [2.45, 2.75) is 33.1 Å². The maximum atomic E-state index is 5.21. The maximum absolute atomic E-state index is 5.21. The van der Waals surface area contributed by atoms with Crippen molar-refractivity contribution < 1.29 is 0 Å². The highest BCUT2D eigenvalue weighted by Gasteiger charge is 2.35. The molecule has 6 aromatic carbocycles. The van der Waals surface area contributed by atoms with Crippen LogP contribution in [0.4, 0.5) is 0 Å². The van der Waals surface area contributed by atoms with Crippen LogP contribution >= 0.6 is 0 Å². The number of nitrogens with zero attached hydrogens (tertiary/aromatic N) is 2. The molecule has 47 heavy (non-hydrogen) atoms. The molecule has 0 saturated heterocycles. The third-order valence-electron chi connectivity index (χ3n) is 9.81. The van der Waals surface area contributed by atoms with Crippen molar-refractivity contribution in [1.29, 1.82) is 0 Å². The average molecular weight is 605 g/mol. The van der Waals surface area contributed by atoms with Crippen LogP contribution in [0.5, 0.6) is 0 Å². The van der Waals surface area contributed by atoms with Crippen LogP contribution in [-0.2, 0) is 5.41 Å². The zero-order valence-electron chi connectivity index (χ0n) is 27.3. The summed E-state index contributed by atoms with van der Waals surface area (Å²) >= 11 is 0. The quantitative estimate of drug-likeness (QED) is 0.195. The van der Waals surface area contributed by atoms with Crippen LogP contribution in [0.3, 0.4) is 0 Å². The van der Waals surface area contributed by atoms with E-state index in [0.717, 1.165) is 33.9 Å². The number of rotatable bonds is 5. The molecule has 1 aliphatic carbocycles. The van der Waals surface area contributed by atoms with E-state index in [2.05, 4.69) is 167 Å². The predicted octanol–water partition coefficient (Wildman–Crippen LogP) is 11.7. The topological polar surface area (TPSA) is 25.8 Å². The minimum Gasteiger partial charge on any atom is -0.228 e. The second-order valence-electron chi connectivity index (χ2n) is 13.2. The molecule has 0 radical (unpaired) electrons. The lowest BCUT2D eigenvalue weighted by Crippen LogP contribution is -2.14. The van der Waals surface area contributed by atoms with Gasteiger partial charge in [0.2, 0.25) is 0 Å². The molecule has 2 nitrogen and oxygen atoms in total. The molecule has 8 rings (SSSR count). The van der Waals surface area contributed by atoms with Crippen LogP contribution in [-0.4, -0.2) is 9.97 Å². The van der Waals surface area contributed by atoms with Gasteiger partial charge in [0.1, 0.15) is 0 Å². The summed E-state index contributed by atoms with van der Waals surface area (Å²) in [5.74, 6) is 0.723. The van der Waals surface area contributed by atoms with Crippen LogP contribution in [0.1, 0.15) is 36.1 Å². The van der Waals surface area contributed by atoms with E-state index in [1.165, 1.54) is 55.6 Å². The molecule has 1 aromatic heterocycles. The van der Waals surface area contributed by atoms with Gasteiger partial charge in [0.25, 0.3) is 0 Å². The molecule has 7 aromatic rings. The van der Waals surface area contributed by atoms with Crippen LogP contribution in [0.25, 0.3) is 67.3 Å². The first kappa shape index (κ1) is 28.8. The van der Waals surface area contributed by atoms with Gasteiger partial charge < -0.3 is 0 Å². The summed E-state index contributed by atoms with van der Waals surface area (Å²) in [7, 11) is 0. The standard InChI is InChI=1S/C45H36N2/c1-29-12-8-9-15-36(29)37-24-22-34(26-30(37)2)42-28-43(35-23-25-39-38-16-10-11-17-40(38)45(3,4)41(39)27-35)47-44(46-42)33-20-18-32(19-21-33)31-13-6-5-7-14-31/h5-28H,1-4H3. The summed E-state index contributed by atoms with van der Waals surface area (Å²) in [4.78, 5) is 10.4. The van der Waals surface area contributed by atoms with Crippen molar-refractivity contribution in [2.24, 2.45) is 0 Å². The lowest BCUT2D eigenvalue weighted by molar-refractivity contribution is 0.660. The largest absolute Gasteiger partial charge is 0.228 e. The zero-order chi connectivity index (χ0) is 32.1. The van der Waals surface area contributed by atoms with Gasteiger partial charge in [-0.25, -0.2) is 9.97 Å². The van der Waals surface area contributed by atoms with Crippen molar-refractivity contribution in [2.75, 3.05) is 0 Å². The fourth-order valence-corrected chi connectivity index (χ4v) is 7.18. The molecular formula is C45H36N2. The maximum Gasteiger partial charge on any atom is 0.160 e. The minimum atomic E-state index is -0.0869. The van der Waals surface area contributed by atoms with Gasteiger partial charge in [-0.2, -0.15) is 0 Å². The Hall–Kier alpha value is -5.60. The highest BCUT2D eigenvalue weighted by atomic mass is 14.9. The third-order valence-corrected chi connectivity index (χ3v) is 9.81. The normalized spacial score (nSPS) is 12.9. The summed E-state index contributed by atoms with van der Waals surface area (Å²) in [6, 6.07) is 52.1. The van der Waals surface area contributed by atoms with Crippen LogP contribution < -0.4 is 0 Å². The Labute approximate surface area is 277 Å². The van der Waals surface area contributed by atoms with E-state index in [1.54, 1.807) is 0 Å². The molecule has 0 saturated carbocycles. The molecule has 0 N–H and O–H groups in total. The number of fused-ring (bicyclic) bond motifs is 3. The fourth-order valence-electron chi connectivity index (χ4n) is 7.18. The molecule has 0 fully saturated rings. The Morgan fingerprint density at radius 2 is 0.894 bits per heavy atom. The molecule has 2 heteroatoms. The third kappa shape index (κ3) is 5.07. The van der Waals surface area contributed by atoms with Gasteiger partial charge >= 0.3 is 0 Å². The second kappa shape index (κ2) is 11.3. The van der Waals surface area contributed by atoms with E-state index >= 15 is 0 Å². The van der Waals surface area contributed by atoms with Gasteiger partial charge in [-0.1, -0.05) is 141 Å². The molecule has 0 aliphatic heterocycles. The lowest BCUT2D eigenvalue weighted by Gasteiger charge is -2.22. The van der Waals surface area contributed by atoms with Crippen molar-refractivity contribution >= 4 is 0 Å². The van der Waals surface area contributed by atoms with E-state index in [1.807, 2.05) is 6.07 Å². The van der Waals surface area contributed by atoms with Gasteiger partial charge in [-0.3, -0.25) is 0 Å². The van der Waals surface area contributed by atoms with Gasteiger partial charge in [0, 0.05) is 22.1 Å². The summed E-state index contributed by atoms with van der Waals surface area (Å²) in [5, 5.41) is 0. The summed E-state index contributed by atoms with van der Waals surface area (Å²) in [6.45, 7) is 9.01. The van der Waals surface area contributed by atoms with Crippen molar-refractivity contribution in [3.63, 3.8) is 0 Å². The van der Waals surface area contributed by atoms with Crippen molar-refractivity contribution in [3.05, 3.63) is 168 Å². The Morgan fingerprint density at radius 3 is 1.60 bits per heavy atom. The summed E-state index contributed by atoms with van der Waals surface area (Å²) in [6.07, 6.45) is 0. The molecule has 0 bridgehead atoms. The first-order chi connectivity index (χ1) is 22.9. The molecule has 0 amide bonds. The summed E-state index contributed by atoms with van der Waals surface area (Å²) < 4.78 is 0. The van der Waals surface area contributed by atoms with E-state index in [0.29, 0.717) is 0 Å². The van der Waals surface area contributed by atoms with Gasteiger partial charge in [0.15, 0.2) is 5.82 Å². The van der Waals surface area contributed by atoms with Gasteiger partial charge in [-0.15, -0.1) is 0 Å². The SMILES string of the molecule is Cc1ccccc1-c1ccc(-c2cc(-c3ccc4c(c3)C(C)(C)c3ccccc3-4)nc(-c3ccc(-c4ccccc4)cc3)n2)cc1C. The Balaban J connectivity index is 1.26. The molecule has 1 aliphatic rings. The second-order valence-corrected chi connectivity index (χ2v) is 13.2. The average Bonchev–Trinajstić information content (AvgIpc) is 3.34. The van der Waals surface area contributed by atoms with E-state index in [4.69, 9.17) is 9.97 Å². The molecule has 1 heterocycles. The number of aromatic nitrogens is 2. The fraction of sp³-hybridized carbons (Fsp3) is 0.111. The van der Waals surface area contributed by atoms with Gasteiger partial charge in [0.05, 0.1) is 11.4 Å². The van der Waals surface area contributed by atoms with E-state index in [9.17, 15) is 0 Å². The number of benzene rings is 6. The molecular weight excluding hydrogens is 569 g/mol. The zero-order valence-corrected chi connectivity index (χ0v) is 27.3. The van der Waals surface area contributed by atoms with E-state index in [-0.39, 0.29) is 5.41 Å². The Kier molecular flexibility index (Phi) is 6.95. The van der Waals surface area contributed by atoms with Crippen LogP contribution in [0.2, 0.25) is 0 Å². The van der Waals surface area contributed by atoms with Crippen LogP contribution in [0, 0.1) is 13.8 Å². The smallest absolute Gasteiger partial charge is 0.160 e. The molecule has 0 spiro atoms. The first-order valence-corrected chi connectivity index (χ1v) is 16.3. The summed E-state index contributed by atoms with van der Waals surface area (Å²) in [5.41, 5.74) is 17.7. The highest BCUT2D eigenvalue weighted by Crippen LogP contribution is 2.49. The Morgan fingerprint density at radius 1 is 0.383 bits per heavy atom. The highest BCUT2D eigenvalue weighted by molar-refractivity contribution is 5.84. The Bertz CT molecular complexity index is 2280. The van der Waals surface area contributed by atoms with Crippen molar-refractivity contribution in [1.82, 2.24) is 9.97 Å². The lowest BCUT2D eigenvalue weighted by atomic mass is 9.82.